The predicted octanol–water partition coefficient (Wildman–Crippen LogP) is 1.64. The number of hydrogen-bond donors (Lipinski definition) is 1. The van der Waals surface area contributed by atoms with E-state index < -0.39 is 0 Å². The van der Waals surface area contributed by atoms with Gasteiger partial charge < -0.3 is 10.1 Å². The number of amides is 1. The van der Waals surface area contributed by atoms with Gasteiger partial charge in [-0.2, -0.15) is 5.10 Å². The van der Waals surface area contributed by atoms with Gasteiger partial charge in [-0.25, -0.2) is 0 Å². The summed E-state index contributed by atoms with van der Waals surface area (Å²) in [7, 11) is 1.63. The number of carbonyl (C=O) groups excluding carboxylic acids is 1. The van der Waals surface area contributed by atoms with Crippen LogP contribution in [0.4, 0.5) is 0 Å². The molecule has 1 fully saturated rings. The van der Waals surface area contributed by atoms with Crippen LogP contribution in [0, 0.1) is 0 Å². The summed E-state index contributed by atoms with van der Waals surface area (Å²) >= 11 is 1.36. The monoisotopic (exact) mass is 263 g/mol. The van der Waals surface area contributed by atoms with E-state index in [1.807, 2.05) is 31.2 Å². The molecule has 1 saturated heterocycles. The SMILES string of the molecule is COc1ccc(/C(C)=N/N=C2\NC(=O)CS2)cc1. The molecule has 1 aliphatic heterocycles. The van der Waals surface area contributed by atoms with Crippen LogP contribution in [0.1, 0.15) is 12.5 Å². The van der Waals surface area contributed by atoms with Crippen molar-refractivity contribution in [2.45, 2.75) is 6.92 Å². The lowest BCUT2D eigenvalue weighted by atomic mass is 10.1. The Balaban J connectivity index is 2.10. The van der Waals surface area contributed by atoms with Crippen LogP contribution < -0.4 is 10.1 Å². The Morgan fingerprint density at radius 2 is 2.11 bits per heavy atom. The third-order valence-electron chi connectivity index (χ3n) is 2.38. The number of rotatable bonds is 3. The topological polar surface area (TPSA) is 63.1 Å². The second kappa shape index (κ2) is 5.68. The maximum absolute atomic E-state index is 11.0. The van der Waals surface area contributed by atoms with E-state index in [-0.39, 0.29) is 5.91 Å². The highest BCUT2D eigenvalue weighted by atomic mass is 32.2. The smallest absolute Gasteiger partial charge is 0.236 e. The normalized spacial score (nSPS) is 18.0. The summed E-state index contributed by atoms with van der Waals surface area (Å²) in [6.07, 6.45) is 0. The molecule has 0 bridgehead atoms. The molecule has 1 aromatic rings. The zero-order chi connectivity index (χ0) is 13.0. The third-order valence-corrected chi connectivity index (χ3v) is 3.25. The Kier molecular flexibility index (Phi) is 3.99. The summed E-state index contributed by atoms with van der Waals surface area (Å²) in [5, 5.41) is 11.3. The van der Waals surface area contributed by atoms with E-state index in [1.165, 1.54) is 11.8 Å². The highest BCUT2D eigenvalue weighted by molar-refractivity contribution is 8.15. The second-order valence-electron chi connectivity index (χ2n) is 3.66. The fourth-order valence-electron chi connectivity index (χ4n) is 1.39. The molecule has 0 radical (unpaired) electrons. The number of hydrogen-bond acceptors (Lipinski definition) is 5. The first kappa shape index (κ1) is 12.6. The minimum atomic E-state index is -0.0314. The van der Waals surface area contributed by atoms with E-state index in [2.05, 4.69) is 15.5 Å². The van der Waals surface area contributed by atoms with Crippen molar-refractivity contribution < 1.29 is 9.53 Å². The van der Waals surface area contributed by atoms with Crippen molar-refractivity contribution in [3.05, 3.63) is 29.8 Å². The van der Waals surface area contributed by atoms with Crippen LogP contribution in [0.3, 0.4) is 0 Å². The summed E-state index contributed by atoms with van der Waals surface area (Å²) in [5.41, 5.74) is 1.75. The van der Waals surface area contributed by atoms with Crippen LogP contribution in [0.15, 0.2) is 34.5 Å². The maximum Gasteiger partial charge on any atom is 0.236 e. The van der Waals surface area contributed by atoms with Gasteiger partial charge in [-0.15, -0.1) is 5.10 Å². The van der Waals surface area contributed by atoms with Gasteiger partial charge in [-0.3, -0.25) is 4.79 Å². The Labute approximate surface area is 109 Å². The van der Waals surface area contributed by atoms with Gasteiger partial charge in [-0.05, 0) is 36.8 Å². The highest BCUT2D eigenvalue weighted by Gasteiger charge is 2.16. The van der Waals surface area contributed by atoms with Crippen LogP contribution in [0.2, 0.25) is 0 Å². The van der Waals surface area contributed by atoms with Gasteiger partial charge in [0.15, 0.2) is 5.17 Å². The molecule has 1 aromatic carbocycles. The number of thioether (sulfide) groups is 1. The summed E-state index contributed by atoms with van der Waals surface area (Å²) in [4.78, 5) is 11.0. The summed E-state index contributed by atoms with van der Waals surface area (Å²) in [5.74, 6) is 1.18. The molecule has 1 amide bonds. The zero-order valence-corrected chi connectivity index (χ0v) is 11.0. The number of amidine groups is 1. The van der Waals surface area contributed by atoms with Crippen molar-refractivity contribution in [1.82, 2.24) is 5.32 Å². The minimum absolute atomic E-state index is 0.0314. The molecule has 0 atom stereocenters. The molecule has 1 N–H and O–H groups in total. The molecule has 1 heterocycles. The first-order valence-corrected chi connectivity index (χ1v) is 6.37. The van der Waals surface area contributed by atoms with Gasteiger partial charge in [0, 0.05) is 0 Å². The quantitative estimate of drug-likeness (QED) is 0.666. The largest absolute Gasteiger partial charge is 0.497 e. The number of methoxy groups -OCH3 is 1. The van der Waals surface area contributed by atoms with Crippen molar-refractivity contribution in [3.63, 3.8) is 0 Å². The molecule has 0 aromatic heterocycles. The van der Waals surface area contributed by atoms with E-state index in [1.54, 1.807) is 7.11 Å². The average Bonchev–Trinajstić information content (AvgIpc) is 2.82. The average molecular weight is 263 g/mol. The second-order valence-corrected chi connectivity index (χ2v) is 4.62. The number of benzene rings is 1. The number of carbonyl (C=O) groups is 1. The lowest BCUT2D eigenvalue weighted by molar-refractivity contribution is -0.116. The van der Waals surface area contributed by atoms with Crippen LogP contribution in [0.5, 0.6) is 5.75 Å². The molecule has 18 heavy (non-hydrogen) atoms. The van der Waals surface area contributed by atoms with Crippen molar-refractivity contribution >= 4 is 28.5 Å². The predicted molar refractivity (Wildman–Crippen MR) is 73.2 cm³/mol. The van der Waals surface area contributed by atoms with Crippen molar-refractivity contribution in [2.24, 2.45) is 10.2 Å². The van der Waals surface area contributed by atoms with Crippen molar-refractivity contribution in [2.75, 3.05) is 12.9 Å². The Hall–Kier alpha value is -1.82. The summed E-state index contributed by atoms with van der Waals surface area (Å²) < 4.78 is 5.08. The summed E-state index contributed by atoms with van der Waals surface area (Å²) in [6.45, 7) is 1.87. The standard InChI is InChI=1S/C12H13N3O2S/c1-8(9-3-5-10(17-2)6-4-9)14-15-12-13-11(16)7-18-12/h3-6H,7H2,1-2H3,(H,13,15,16)/b14-8+. The molecule has 2 rings (SSSR count). The van der Waals surface area contributed by atoms with E-state index in [0.717, 1.165) is 17.0 Å². The molecular formula is C12H13N3O2S. The molecule has 94 valence electrons. The first-order valence-electron chi connectivity index (χ1n) is 5.38. The number of nitrogens with one attached hydrogen (secondary N) is 1. The summed E-state index contributed by atoms with van der Waals surface area (Å²) in [6, 6.07) is 7.57. The van der Waals surface area contributed by atoms with Gasteiger partial charge in [0.1, 0.15) is 5.75 Å². The highest BCUT2D eigenvalue weighted by Crippen LogP contribution is 2.13. The van der Waals surface area contributed by atoms with Crippen LogP contribution in [-0.4, -0.2) is 29.6 Å². The molecule has 0 unspecified atom stereocenters. The number of nitrogens with zero attached hydrogens (tertiary/aromatic N) is 2. The van der Waals surface area contributed by atoms with Crippen LogP contribution in [-0.2, 0) is 4.79 Å². The molecule has 1 aliphatic rings. The molecule has 6 heteroatoms. The molecule has 0 saturated carbocycles. The maximum atomic E-state index is 11.0. The van der Waals surface area contributed by atoms with Crippen molar-refractivity contribution in [1.29, 1.82) is 0 Å². The van der Waals surface area contributed by atoms with Gasteiger partial charge in [0.05, 0.1) is 18.6 Å². The van der Waals surface area contributed by atoms with Gasteiger partial charge in [-0.1, -0.05) is 11.8 Å². The Morgan fingerprint density at radius 3 is 2.67 bits per heavy atom. The lowest BCUT2D eigenvalue weighted by Gasteiger charge is -2.01. The first-order chi connectivity index (χ1) is 8.69. The van der Waals surface area contributed by atoms with Gasteiger partial charge in [0.25, 0.3) is 0 Å². The van der Waals surface area contributed by atoms with Crippen LogP contribution in [0.25, 0.3) is 0 Å². The molecule has 5 nitrogen and oxygen atoms in total. The molecular weight excluding hydrogens is 250 g/mol. The Bertz CT molecular complexity index is 509. The third kappa shape index (κ3) is 3.10. The Morgan fingerprint density at radius 1 is 1.39 bits per heavy atom. The van der Waals surface area contributed by atoms with Gasteiger partial charge >= 0.3 is 0 Å². The fraction of sp³-hybridized carbons (Fsp3) is 0.250. The van der Waals surface area contributed by atoms with E-state index in [4.69, 9.17) is 4.74 Å². The van der Waals surface area contributed by atoms with E-state index >= 15 is 0 Å². The van der Waals surface area contributed by atoms with E-state index in [0.29, 0.717) is 10.9 Å². The minimum Gasteiger partial charge on any atom is -0.497 e. The van der Waals surface area contributed by atoms with E-state index in [9.17, 15) is 4.79 Å². The molecule has 0 spiro atoms. The van der Waals surface area contributed by atoms with Crippen molar-refractivity contribution in [3.8, 4) is 5.75 Å². The fourth-order valence-corrected chi connectivity index (χ4v) is 2.01. The van der Waals surface area contributed by atoms with Gasteiger partial charge in [0.2, 0.25) is 5.91 Å². The zero-order valence-electron chi connectivity index (χ0n) is 10.1. The molecule has 0 aliphatic carbocycles. The number of ether oxygens (including phenoxy) is 1. The lowest BCUT2D eigenvalue weighted by Crippen LogP contribution is -2.19. The van der Waals surface area contributed by atoms with Crippen LogP contribution >= 0.6 is 11.8 Å².